The molecule has 0 aliphatic rings. The highest BCUT2D eigenvalue weighted by molar-refractivity contribution is 9.09. The molecule has 0 aromatic heterocycles. The number of alkyl halides is 2. The Morgan fingerprint density at radius 2 is 1.00 bits per heavy atom. The van der Waals surface area contributed by atoms with E-state index in [0.29, 0.717) is 13.2 Å². The van der Waals surface area contributed by atoms with Crippen LogP contribution in [0.1, 0.15) is 12.8 Å². The van der Waals surface area contributed by atoms with Crippen molar-refractivity contribution in [1.29, 1.82) is 0 Å². The molecule has 0 unspecified atom stereocenters. The number of benzene rings is 2. The largest absolute Gasteiger partial charge is 0.494 e. The van der Waals surface area contributed by atoms with E-state index in [1.54, 1.807) is 0 Å². The molecule has 0 heterocycles. The number of rotatable bonds is 10. The monoisotopic (exact) mass is 454 g/mol. The fourth-order valence-electron chi connectivity index (χ4n) is 1.82. The van der Waals surface area contributed by atoms with Crippen LogP contribution in [0.15, 0.2) is 58.8 Å². The molecule has 2 aromatic rings. The number of hydrogen-bond acceptors (Lipinski definition) is 4. The second kappa shape index (κ2) is 11.2. The smallest absolute Gasteiger partial charge is 0.119 e. The van der Waals surface area contributed by atoms with Gasteiger partial charge in [0.05, 0.1) is 24.6 Å². The Morgan fingerprint density at radius 3 is 1.33 bits per heavy atom. The number of hydrogen-bond donors (Lipinski definition) is 0. The Balaban J connectivity index is 1.86. The lowest BCUT2D eigenvalue weighted by Gasteiger charge is -2.05. The maximum absolute atomic E-state index is 5.60. The zero-order valence-corrected chi connectivity index (χ0v) is 16.5. The third kappa shape index (κ3) is 7.01. The summed E-state index contributed by atoms with van der Waals surface area (Å²) in [5, 5.41) is 10.4. The Bertz CT molecular complexity index is 560. The zero-order chi connectivity index (χ0) is 17.0. The molecule has 2 aromatic carbocycles. The highest BCUT2D eigenvalue weighted by atomic mass is 79.9. The highest BCUT2D eigenvalue weighted by Crippen LogP contribution is 2.23. The van der Waals surface area contributed by atoms with Crippen LogP contribution in [0.2, 0.25) is 0 Å². The predicted octanol–water partition coefficient (Wildman–Crippen LogP) is 6.43. The van der Waals surface area contributed by atoms with Crippen LogP contribution >= 0.6 is 31.9 Å². The minimum absolute atomic E-state index is 0.705. The number of azo groups is 1. The van der Waals surface area contributed by atoms with Gasteiger partial charge < -0.3 is 9.47 Å². The molecule has 24 heavy (non-hydrogen) atoms. The topological polar surface area (TPSA) is 43.2 Å². The third-order valence-electron chi connectivity index (χ3n) is 3.05. The molecule has 128 valence electrons. The Morgan fingerprint density at radius 1 is 0.625 bits per heavy atom. The summed E-state index contributed by atoms with van der Waals surface area (Å²) in [6.07, 6.45) is 1.97. The van der Waals surface area contributed by atoms with Crippen molar-refractivity contribution in [3.05, 3.63) is 48.5 Å². The Hall–Kier alpha value is -1.40. The van der Waals surface area contributed by atoms with Crippen molar-refractivity contribution in [3.8, 4) is 11.5 Å². The van der Waals surface area contributed by atoms with E-state index in [9.17, 15) is 0 Å². The molecule has 0 aliphatic carbocycles. The van der Waals surface area contributed by atoms with Gasteiger partial charge in [0.2, 0.25) is 0 Å². The van der Waals surface area contributed by atoms with Gasteiger partial charge in [-0.25, -0.2) is 0 Å². The van der Waals surface area contributed by atoms with E-state index in [1.807, 2.05) is 48.5 Å². The van der Waals surface area contributed by atoms with Crippen molar-refractivity contribution in [1.82, 2.24) is 0 Å². The first-order valence-corrected chi connectivity index (χ1v) is 10.1. The predicted molar refractivity (Wildman–Crippen MR) is 105 cm³/mol. The van der Waals surface area contributed by atoms with E-state index < -0.39 is 0 Å². The third-order valence-corrected chi connectivity index (χ3v) is 4.17. The second-order valence-corrected chi connectivity index (χ2v) is 6.56. The number of ether oxygens (including phenoxy) is 2. The van der Waals surface area contributed by atoms with E-state index >= 15 is 0 Å². The molecule has 0 N–H and O–H groups in total. The lowest BCUT2D eigenvalue weighted by Crippen LogP contribution is -1.96. The summed E-state index contributed by atoms with van der Waals surface area (Å²) >= 11 is 6.76. The van der Waals surface area contributed by atoms with Gasteiger partial charge in [-0.2, -0.15) is 10.2 Å². The molecular formula is C18H20Br2N2O2. The molecule has 0 radical (unpaired) electrons. The molecule has 0 saturated heterocycles. The van der Waals surface area contributed by atoms with Crippen LogP contribution in [0, 0.1) is 0 Å². The second-order valence-electron chi connectivity index (χ2n) is 4.97. The summed E-state index contributed by atoms with van der Waals surface area (Å²) < 4.78 is 11.2. The maximum Gasteiger partial charge on any atom is 0.119 e. The van der Waals surface area contributed by atoms with Gasteiger partial charge >= 0.3 is 0 Å². The molecule has 0 spiro atoms. The summed E-state index contributed by atoms with van der Waals surface area (Å²) in [5.41, 5.74) is 1.58. The molecule has 4 nitrogen and oxygen atoms in total. The lowest BCUT2D eigenvalue weighted by molar-refractivity contribution is 0.319. The number of halogens is 2. The van der Waals surface area contributed by atoms with Crippen molar-refractivity contribution >= 4 is 43.2 Å². The van der Waals surface area contributed by atoms with Gasteiger partial charge in [-0.15, -0.1) is 0 Å². The maximum atomic E-state index is 5.60. The molecule has 0 saturated carbocycles. The van der Waals surface area contributed by atoms with E-state index in [1.165, 1.54) is 0 Å². The van der Waals surface area contributed by atoms with Crippen molar-refractivity contribution in [2.24, 2.45) is 10.2 Å². The molecule has 2 rings (SSSR count). The molecule has 0 amide bonds. The lowest BCUT2D eigenvalue weighted by atomic mass is 10.3. The fourth-order valence-corrected chi connectivity index (χ4v) is 2.28. The molecule has 0 fully saturated rings. The molecule has 6 heteroatoms. The molecule has 0 aliphatic heterocycles. The first-order valence-electron chi connectivity index (χ1n) is 7.81. The Labute approximate surface area is 159 Å². The van der Waals surface area contributed by atoms with Crippen LogP contribution in [0.3, 0.4) is 0 Å². The van der Waals surface area contributed by atoms with Crippen LogP contribution in [-0.4, -0.2) is 23.9 Å². The van der Waals surface area contributed by atoms with Crippen molar-refractivity contribution < 1.29 is 9.47 Å². The zero-order valence-electron chi connectivity index (χ0n) is 13.3. The summed E-state index contributed by atoms with van der Waals surface area (Å²) in [6, 6.07) is 15.2. The highest BCUT2D eigenvalue weighted by Gasteiger charge is 1.97. The van der Waals surface area contributed by atoms with Crippen molar-refractivity contribution in [3.63, 3.8) is 0 Å². The van der Waals surface area contributed by atoms with Gasteiger partial charge in [0.15, 0.2) is 0 Å². The average molecular weight is 456 g/mol. The molecule has 0 atom stereocenters. The average Bonchev–Trinajstić information content (AvgIpc) is 2.63. The fraction of sp³-hybridized carbons (Fsp3) is 0.333. The standard InChI is InChI=1S/C18H20Br2N2O2/c19-11-1-13-23-17-7-3-15(4-8-17)21-22-16-5-9-18(10-6-16)24-14-2-12-20/h3-10H,1-2,11-14H2. The van der Waals surface area contributed by atoms with E-state index in [-0.39, 0.29) is 0 Å². The van der Waals surface area contributed by atoms with E-state index in [0.717, 1.165) is 46.4 Å². The van der Waals surface area contributed by atoms with Gasteiger partial charge in [0.1, 0.15) is 11.5 Å². The van der Waals surface area contributed by atoms with E-state index in [2.05, 4.69) is 42.1 Å². The van der Waals surface area contributed by atoms with Crippen LogP contribution in [0.5, 0.6) is 11.5 Å². The summed E-state index contributed by atoms with van der Waals surface area (Å²) in [7, 11) is 0. The van der Waals surface area contributed by atoms with Crippen molar-refractivity contribution in [2.45, 2.75) is 12.8 Å². The van der Waals surface area contributed by atoms with Gasteiger partial charge in [0.25, 0.3) is 0 Å². The van der Waals surface area contributed by atoms with Crippen LogP contribution in [0.25, 0.3) is 0 Å². The van der Waals surface area contributed by atoms with E-state index in [4.69, 9.17) is 9.47 Å². The van der Waals surface area contributed by atoms with Crippen LogP contribution in [0.4, 0.5) is 11.4 Å². The van der Waals surface area contributed by atoms with Gasteiger partial charge in [0, 0.05) is 10.7 Å². The van der Waals surface area contributed by atoms with Crippen LogP contribution < -0.4 is 9.47 Å². The minimum Gasteiger partial charge on any atom is -0.494 e. The summed E-state index contributed by atoms with van der Waals surface area (Å²) in [5.74, 6) is 1.69. The molecule has 0 bridgehead atoms. The minimum atomic E-state index is 0.705. The molecular weight excluding hydrogens is 436 g/mol. The summed E-state index contributed by atoms with van der Waals surface area (Å²) in [4.78, 5) is 0. The normalized spacial score (nSPS) is 10.9. The van der Waals surface area contributed by atoms with Crippen LogP contribution in [-0.2, 0) is 0 Å². The number of nitrogens with zero attached hydrogens (tertiary/aromatic N) is 2. The first-order chi connectivity index (χ1) is 11.8. The van der Waals surface area contributed by atoms with Gasteiger partial charge in [-0.05, 0) is 61.4 Å². The van der Waals surface area contributed by atoms with Gasteiger partial charge in [-0.3, -0.25) is 0 Å². The quantitative estimate of drug-likeness (QED) is 0.235. The SMILES string of the molecule is BrCCCOc1ccc(N=Nc2ccc(OCCCBr)cc2)cc1. The Kier molecular flexibility index (Phi) is 8.84. The van der Waals surface area contributed by atoms with Crippen molar-refractivity contribution in [2.75, 3.05) is 23.9 Å². The van der Waals surface area contributed by atoms with Gasteiger partial charge in [-0.1, -0.05) is 31.9 Å². The first kappa shape index (κ1) is 18.9. The summed E-state index contributed by atoms with van der Waals surface area (Å²) in [6.45, 7) is 1.41.